The zero-order valence-electron chi connectivity index (χ0n) is 17.2. The average molecular weight is 377 g/mol. The summed E-state index contributed by atoms with van der Waals surface area (Å²) < 4.78 is 7.34. The predicted octanol–water partition coefficient (Wildman–Crippen LogP) is 4.01. The number of amides is 1. The summed E-state index contributed by atoms with van der Waals surface area (Å²) in [4.78, 5) is 14.6. The molecule has 0 spiro atoms. The molecule has 5 nitrogen and oxygen atoms in total. The Hall–Kier alpha value is -3.08. The van der Waals surface area contributed by atoms with Gasteiger partial charge in [-0.05, 0) is 39.0 Å². The molecule has 0 fully saturated rings. The van der Waals surface area contributed by atoms with Crippen LogP contribution < -0.4 is 4.74 Å². The molecule has 0 N–H and O–H groups in total. The second kappa shape index (κ2) is 8.30. The van der Waals surface area contributed by atoms with Gasteiger partial charge in [0.2, 0.25) is 5.91 Å². The van der Waals surface area contributed by atoms with Gasteiger partial charge in [0.1, 0.15) is 5.75 Å². The van der Waals surface area contributed by atoms with Gasteiger partial charge in [-0.3, -0.25) is 4.79 Å². The van der Waals surface area contributed by atoms with Crippen molar-refractivity contribution >= 4 is 5.91 Å². The van der Waals surface area contributed by atoms with Crippen LogP contribution in [0, 0.1) is 20.8 Å². The summed E-state index contributed by atoms with van der Waals surface area (Å²) in [6.45, 7) is 6.58. The van der Waals surface area contributed by atoms with E-state index in [1.165, 1.54) is 0 Å². The monoisotopic (exact) mass is 377 g/mol. The number of ether oxygens (including phenoxy) is 1. The molecule has 1 aromatic heterocycles. The summed E-state index contributed by atoms with van der Waals surface area (Å²) in [5, 5.41) is 4.67. The SMILES string of the molecule is COc1ccc(C)cc1CC(=O)N(C)Cc1c(C)nn(-c2ccccc2)c1C. The number of rotatable bonds is 6. The van der Waals surface area contributed by atoms with Crippen LogP contribution in [0.5, 0.6) is 5.75 Å². The van der Waals surface area contributed by atoms with Crippen LogP contribution >= 0.6 is 0 Å². The first kappa shape index (κ1) is 19.7. The van der Waals surface area contributed by atoms with Gasteiger partial charge in [-0.2, -0.15) is 5.10 Å². The molecular weight excluding hydrogens is 350 g/mol. The van der Waals surface area contributed by atoms with Crippen LogP contribution in [0.4, 0.5) is 0 Å². The molecule has 0 saturated heterocycles. The first-order valence-corrected chi connectivity index (χ1v) is 9.38. The highest BCUT2D eigenvalue weighted by Crippen LogP contribution is 2.22. The second-order valence-corrected chi connectivity index (χ2v) is 7.14. The molecule has 0 atom stereocenters. The molecule has 0 radical (unpaired) electrons. The molecule has 5 heteroatoms. The number of carbonyl (C=O) groups is 1. The lowest BCUT2D eigenvalue weighted by Crippen LogP contribution is -2.28. The molecule has 0 bridgehead atoms. The Morgan fingerprint density at radius 3 is 2.50 bits per heavy atom. The number of methoxy groups -OCH3 is 1. The highest BCUT2D eigenvalue weighted by atomic mass is 16.5. The lowest BCUT2D eigenvalue weighted by atomic mass is 10.1. The lowest BCUT2D eigenvalue weighted by Gasteiger charge is -2.19. The van der Waals surface area contributed by atoms with Crippen molar-refractivity contribution in [1.82, 2.24) is 14.7 Å². The Bertz CT molecular complexity index is 977. The van der Waals surface area contributed by atoms with Gasteiger partial charge in [0.25, 0.3) is 0 Å². The largest absolute Gasteiger partial charge is 0.496 e. The summed E-state index contributed by atoms with van der Waals surface area (Å²) in [6, 6.07) is 15.9. The van der Waals surface area contributed by atoms with Gasteiger partial charge in [-0.1, -0.05) is 35.9 Å². The van der Waals surface area contributed by atoms with Crippen molar-refractivity contribution in [2.24, 2.45) is 0 Å². The van der Waals surface area contributed by atoms with E-state index < -0.39 is 0 Å². The first-order chi connectivity index (χ1) is 13.4. The maximum absolute atomic E-state index is 12.8. The number of para-hydroxylation sites is 1. The molecule has 0 aliphatic carbocycles. The van der Waals surface area contributed by atoms with E-state index in [0.717, 1.165) is 39.5 Å². The Kier molecular flexibility index (Phi) is 5.83. The molecule has 1 heterocycles. The Labute approximate surface area is 166 Å². The number of hydrogen-bond acceptors (Lipinski definition) is 3. The lowest BCUT2D eigenvalue weighted by molar-refractivity contribution is -0.129. The molecule has 3 rings (SSSR count). The Balaban J connectivity index is 1.78. The fraction of sp³-hybridized carbons (Fsp3) is 0.304. The van der Waals surface area contributed by atoms with E-state index in [9.17, 15) is 4.79 Å². The minimum absolute atomic E-state index is 0.0511. The number of nitrogens with zero attached hydrogens (tertiary/aromatic N) is 3. The summed E-state index contributed by atoms with van der Waals surface area (Å²) in [5.74, 6) is 0.798. The van der Waals surface area contributed by atoms with E-state index in [1.54, 1.807) is 12.0 Å². The van der Waals surface area contributed by atoms with Gasteiger partial charge >= 0.3 is 0 Å². The minimum Gasteiger partial charge on any atom is -0.496 e. The maximum Gasteiger partial charge on any atom is 0.227 e. The van der Waals surface area contributed by atoms with Gasteiger partial charge in [0.05, 0.1) is 24.9 Å². The van der Waals surface area contributed by atoms with Crippen LogP contribution in [-0.2, 0) is 17.8 Å². The summed E-state index contributed by atoms with van der Waals surface area (Å²) in [7, 11) is 3.47. The molecular formula is C23H27N3O2. The Morgan fingerprint density at radius 2 is 1.82 bits per heavy atom. The number of benzene rings is 2. The highest BCUT2D eigenvalue weighted by molar-refractivity contribution is 5.79. The zero-order valence-corrected chi connectivity index (χ0v) is 17.2. The third-order valence-corrected chi connectivity index (χ3v) is 5.04. The van der Waals surface area contributed by atoms with Crippen molar-refractivity contribution in [3.8, 4) is 11.4 Å². The summed E-state index contributed by atoms with van der Waals surface area (Å²) >= 11 is 0. The number of aromatic nitrogens is 2. The van der Waals surface area contributed by atoms with Crippen molar-refractivity contribution in [2.45, 2.75) is 33.7 Å². The number of carbonyl (C=O) groups excluding carboxylic acids is 1. The molecule has 1 amide bonds. The summed E-state index contributed by atoms with van der Waals surface area (Å²) in [6.07, 6.45) is 0.312. The molecule has 28 heavy (non-hydrogen) atoms. The number of hydrogen-bond donors (Lipinski definition) is 0. The zero-order chi connectivity index (χ0) is 20.3. The average Bonchev–Trinajstić information content (AvgIpc) is 2.97. The van der Waals surface area contributed by atoms with Gasteiger partial charge in [0.15, 0.2) is 0 Å². The molecule has 2 aromatic carbocycles. The van der Waals surface area contributed by atoms with Gasteiger partial charge in [-0.15, -0.1) is 0 Å². The molecule has 0 saturated carbocycles. The van der Waals surface area contributed by atoms with Crippen LogP contribution in [0.25, 0.3) is 5.69 Å². The summed E-state index contributed by atoms with van der Waals surface area (Å²) in [5.41, 5.74) is 6.12. The van der Waals surface area contributed by atoms with Crippen molar-refractivity contribution < 1.29 is 9.53 Å². The fourth-order valence-corrected chi connectivity index (χ4v) is 3.39. The molecule has 0 unspecified atom stereocenters. The van der Waals surface area contributed by atoms with Gasteiger partial charge in [0, 0.05) is 30.4 Å². The number of aryl methyl sites for hydroxylation is 2. The van der Waals surface area contributed by atoms with Crippen LogP contribution in [0.1, 0.15) is 28.1 Å². The van der Waals surface area contributed by atoms with Crippen LogP contribution in [0.3, 0.4) is 0 Å². The number of likely N-dealkylation sites (N-methyl/N-ethyl adjacent to an activating group) is 1. The predicted molar refractivity (Wildman–Crippen MR) is 111 cm³/mol. The molecule has 0 aliphatic heterocycles. The normalized spacial score (nSPS) is 10.8. The second-order valence-electron chi connectivity index (χ2n) is 7.14. The van der Waals surface area contributed by atoms with E-state index in [-0.39, 0.29) is 5.91 Å². The van der Waals surface area contributed by atoms with Crippen molar-refractivity contribution in [3.63, 3.8) is 0 Å². The van der Waals surface area contributed by atoms with E-state index in [0.29, 0.717) is 13.0 Å². The van der Waals surface area contributed by atoms with Crippen molar-refractivity contribution in [2.75, 3.05) is 14.2 Å². The van der Waals surface area contributed by atoms with E-state index in [4.69, 9.17) is 4.74 Å². The fourth-order valence-electron chi connectivity index (χ4n) is 3.39. The van der Waals surface area contributed by atoms with Crippen molar-refractivity contribution in [3.05, 3.63) is 76.6 Å². The quantitative estimate of drug-likeness (QED) is 0.652. The van der Waals surface area contributed by atoms with E-state index in [2.05, 4.69) is 5.10 Å². The van der Waals surface area contributed by atoms with Gasteiger partial charge < -0.3 is 9.64 Å². The minimum atomic E-state index is 0.0511. The molecule has 146 valence electrons. The van der Waals surface area contributed by atoms with E-state index >= 15 is 0 Å². The maximum atomic E-state index is 12.8. The first-order valence-electron chi connectivity index (χ1n) is 9.38. The standard InChI is InChI=1S/C23H27N3O2/c1-16-11-12-22(28-5)19(13-16)14-23(27)25(4)15-21-17(2)24-26(18(21)3)20-9-7-6-8-10-20/h6-13H,14-15H2,1-5H3. The Morgan fingerprint density at radius 1 is 1.11 bits per heavy atom. The van der Waals surface area contributed by atoms with Gasteiger partial charge in [-0.25, -0.2) is 4.68 Å². The molecule has 0 aliphatic rings. The van der Waals surface area contributed by atoms with Crippen LogP contribution in [-0.4, -0.2) is 34.7 Å². The third-order valence-electron chi connectivity index (χ3n) is 5.04. The van der Waals surface area contributed by atoms with E-state index in [1.807, 2.05) is 81.0 Å². The topological polar surface area (TPSA) is 47.4 Å². The van der Waals surface area contributed by atoms with Crippen molar-refractivity contribution in [1.29, 1.82) is 0 Å². The van der Waals surface area contributed by atoms with Crippen LogP contribution in [0.15, 0.2) is 48.5 Å². The molecule has 3 aromatic rings. The highest BCUT2D eigenvalue weighted by Gasteiger charge is 2.18. The smallest absolute Gasteiger partial charge is 0.227 e. The third kappa shape index (κ3) is 4.09. The van der Waals surface area contributed by atoms with Crippen LogP contribution in [0.2, 0.25) is 0 Å².